The number of hydrogen-bond acceptors (Lipinski definition) is 3. The maximum atomic E-state index is 13.2. The lowest BCUT2D eigenvalue weighted by Crippen LogP contribution is -2.21. The van der Waals surface area contributed by atoms with Gasteiger partial charge in [0.05, 0.1) is 17.0 Å². The van der Waals surface area contributed by atoms with Gasteiger partial charge in [0, 0.05) is 16.1 Å². The molecular weight excluding hydrogens is 408 g/mol. The Labute approximate surface area is 187 Å². The van der Waals surface area contributed by atoms with Crippen LogP contribution >= 0.6 is 11.6 Å². The quantitative estimate of drug-likeness (QED) is 0.401. The molecule has 3 aromatic carbocycles. The highest BCUT2D eigenvalue weighted by molar-refractivity contribution is 6.33. The van der Waals surface area contributed by atoms with E-state index >= 15 is 0 Å². The van der Waals surface area contributed by atoms with Crippen molar-refractivity contribution in [2.24, 2.45) is 5.10 Å². The number of carbonyl (C=O) groups excluding carboxylic acids is 1. The number of nitrogens with zero attached hydrogens (tertiary/aromatic N) is 2. The Balaban J connectivity index is 1.64. The van der Waals surface area contributed by atoms with Crippen LogP contribution in [0.2, 0.25) is 5.02 Å². The molecule has 0 saturated heterocycles. The zero-order chi connectivity index (χ0) is 21.6. The summed E-state index contributed by atoms with van der Waals surface area (Å²) in [7, 11) is 0. The van der Waals surface area contributed by atoms with Crippen LogP contribution in [0.4, 0.5) is 5.69 Å². The van der Waals surface area contributed by atoms with Crippen molar-refractivity contribution in [1.82, 2.24) is 0 Å². The first-order valence-electron chi connectivity index (χ1n) is 10.3. The normalized spacial score (nSPS) is 14.8. The summed E-state index contributed by atoms with van der Waals surface area (Å²) in [5.74, 6) is 0.562. The van der Waals surface area contributed by atoms with E-state index in [0.717, 1.165) is 35.4 Å². The van der Waals surface area contributed by atoms with Crippen LogP contribution in [0.3, 0.4) is 0 Å². The number of para-hydroxylation sites is 2. The molecule has 1 amide bonds. The van der Waals surface area contributed by atoms with Crippen molar-refractivity contribution in [3.8, 4) is 5.75 Å². The van der Waals surface area contributed by atoms with E-state index < -0.39 is 0 Å². The molecule has 0 spiro atoms. The Morgan fingerprint density at radius 2 is 1.68 bits per heavy atom. The summed E-state index contributed by atoms with van der Waals surface area (Å²) in [5, 5.41) is 6.76. The van der Waals surface area contributed by atoms with Crippen molar-refractivity contribution >= 4 is 35.0 Å². The number of carbonyl (C=O) groups is 1. The molecule has 5 heteroatoms. The van der Waals surface area contributed by atoms with Crippen LogP contribution in [0.25, 0.3) is 6.08 Å². The smallest absolute Gasteiger partial charge is 0.280 e. The lowest BCUT2D eigenvalue weighted by molar-refractivity contribution is -0.114. The SMILES string of the molecule is CCCC1=NN(c2ccccc2)C(=O)/C1=C\c1ccccc1OCc1ccccc1Cl. The van der Waals surface area contributed by atoms with Crippen molar-refractivity contribution in [1.29, 1.82) is 0 Å². The van der Waals surface area contributed by atoms with Gasteiger partial charge in [0.2, 0.25) is 0 Å². The molecule has 3 aromatic rings. The van der Waals surface area contributed by atoms with Gasteiger partial charge in [-0.2, -0.15) is 10.1 Å². The second-order valence-electron chi connectivity index (χ2n) is 7.23. The van der Waals surface area contributed by atoms with Crippen molar-refractivity contribution in [2.75, 3.05) is 5.01 Å². The Morgan fingerprint density at radius 1 is 0.968 bits per heavy atom. The standard InChI is InChI=1S/C26H23ClN2O2/c1-2-10-24-22(26(30)29(28-24)21-13-4-3-5-14-21)17-19-11-7-9-16-25(19)31-18-20-12-6-8-15-23(20)27/h3-9,11-17H,2,10,18H2,1H3/b22-17-. The summed E-state index contributed by atoms with van der Waals surface area (Å²) >= 11 is 6.26. The van der Waals surface area contributed by atoms with Crippen molar-refractivity contribution in [3.63, 3.8) is 0 Å². The topological polar surface area (TPSA) is 41.9 Å². The predicted octanol–water partition coefficient (Wildman–Crippen LogP) is 6.51. The molecule has 0 fully saturated rings. The van der Waals surface area contributed by atoms with Gasteiger partial charge in [-0.1, -0.05) is 79.5 Å². The molecule has 4 rings (SSSR count). The average molecular weight is 431 g/mol. The second-order valence-corrected chi connectivity index (χ2v) is 7.63. The number of halogens is 1. The van der Waals surface area contributed by atoms with Gasteiger partial charge < -0.3 is 4.74 Å². The molecule has 1 heterocycles. The minimum absolute atomic E-state index is 0.129. The van der Waals surface area contributed by atoms with Gasteiger partial charge in [0.1, 0.15) is 12.4 Å². The maximum Gasteiger partial charge on any atom is 0.280 e. The van der Waals surface area contributed by atoms with Crippen LogP contribution in [-0.2, 0) is 11.4 Å². The van der Waals surface area contributed by atoms with Gasteiger partial charge in [-0.15, -0.1) is 0 Å². The number of amides is 1. The molecule has 1 aliphatic heterocycles. The Kier molecular flexibility index (Phi) is 6.48. The maximum absolute atomic E-state index is 13.2. The van der Waals surface area contributed by atoms with Gasteiger partial charge in [-0.3, -0.25) is 4.79 Å². The number of hydrazone groups is 1. The third-order valence-corrected chi connectivity index (χ3v) is 5.37. The molecule has 0 atom stereocenters. The molecule has 0 unspecified atom stereocenters. The number of hydrogen-bond donors (Lipinski definition) is 0. The lowest BCUT2D eigenvalue weighted by Gasteiger charge is -2.12. The van der Waals surface area contributed by atoms with Gasteiger partial charge in [-0.05, 0) is 36.8 Å². The zero-order valence-electron chi connectivity index (χ0n) is 17.3. The molecule has 0 N–H and O–H groups in total. The van der Waals surface area contributed by atoms with Crippen LogP contribution in [-0.4, -0.2) is 11.6 Å². The van der Waals surface area contributed by atoms with Crippen LogP contribution in [0, 0.1) is 0 Å². The molecule has 0 radical (unpaired) electrons. The first-order valence-corrected chi connectivity index (χ1v) is 10.7. The van der Waals surface area contributed by atoms with Crippen molar-refractivity contribution in [3.05, 3.63) is 101 Å². The van der Waals surface area contributed by atoms with Gasteiger partial charge in [0.25, 0.3) is 5.91 Å². The molecule has 1 aliphatic rings. The molecular formula is C26H23ClN2O2. The summed E-state index contributed by atoms with van der Waals surface area (Å²) in [5.41, 5.74) is 3.88. The fourth-order valence-electron chi connectivity index (χ4n) is 3.43. The first kappa shape index (κ1) is 20.9. The number of rotatable bonds is 7. The van der Waals surface area contributed by atoms with Crippen LogP contribution in [0.1, 0.15) is 30.9 Å². The average Bonchev–Trinajstić information content (AvgIpc) is 3.10. The van der Waals surface area contributed by atoms with Gasteiger partial charge >= 0.3 is 0 Å². The monoisotopic (exact) mass is 430 g/mol. The number of anilines is 1. The zero-order valence-corrected chi connectivity index (χ0v) is 18.0. The van der Waals surface area contributed by atoms with E-state index in [1.807, 2.05) is 84.9 Å². The van der Waals surface area contributed by atoms with Gasteiger partial charge in [0.15, 0.2) is 0 Å². The van der Waals surface area contributed by atoms with E-state index in [1.165, 1.54) is 5.01 Å². The summed E-state index contributed by atoms with van der Waals surface area (Å²) in [4.78, 5) is 13.2. The Bertz CT molecular complexity index is 1140. The molecule has 31 heavy (non-hydrogen) atoms. The number of benzene rings is 3. The van der Waals surface area contributed by atoms with E-state index in [1.54, 1.807) is 0 Å². The molecule has 0 aromatic heterocycles. The van der Waals surface area contributed by atoms with E-state index in [9.17, 15) is 4.79 Å². The Morgan fingerprint density at radius 3 is 2.45 bits per heavy atom. The lowest BCUT2D eigenvalue weighted by atomic mass is 10.0. The number of ether oxygens (including phenoxy) is 1. The first-order chi connectivity index (χ1) is 15.2. The van der Waals surface area contributed by atoms with Gasteiger partial charge in [-0.25, -0.2) is 0 Å². The summed E-state index contributed by atoms with van der Waals surface area (Å²) in [6.45, 7) is 2.43. The summed E-state index contributed by atoms with van der Waals surface area (Å²) in [6, 6.07) is 24.8. The minimum Gasteiger partial charge on any atom is -0.488 e. The van der Waals surface area contributed by atoms with E-state index in [4.69, 9.17) is 16.3 Å². The molecule has 4 nitrogen and oxygen atoms in total. The molecule has 0 aliphatic carbocycles. The fraction of sp³-hybridized carbons (Fsp3) is 0.154. The molecule has 0 bridgehead atoms. The van der Waals surface area contributed by atoms with E-state index in [2.05, 4.69) is 12.0 Å². The van der Waals surface area contributed by atoms with E-state index in [0.29, 0.717) is 23.0 Å². The molecule has 156 valence electrons. The van der Waals surface area contributed by atoms with E-state index in [-0.39, 0.29) is 5.91 Å². The Hall–Kier alpha value is -3.37. The highest BCUT2D eigenvalue weighted by Gasteiger charge is 2.30. The predicted molar refractivity (Wildman–Crippen MR) is 126 cm³/mol. The van der Waals surface area contributed by atoms with Crippen molar-refractivity contribution < 1.29 is 9.53 Å². The van der Waals surface area contributed by atoms with Crippen LogP contribution < -0.4 is 9.75 Å². The second kappa shape index (κ2) is 9.63. The highest BCUT2D eigenvalue weighted by atomic mass is 35.5. The minimum atomic E-state index is -0.129. The molecule has 0 saturated carbocycles. The van der Waals surface area contributed by atoms with Crippen LogP contribution in [0.15, 0.2) is 89.5 Å². The largest absolute Gasteiger partial charge is 0.488 e. The summed E-state index contributed by atoms with van der Waals surface area (Å²) < 4.78 is 6.06. The van der Waals surface area contributed by atoms with Crippen molar-refractivity contribution in [2.45, 2.75) is 26.4 Å². The fourth-order valence-corrected chi connectivity index (χ4v) is 3.62. The van der Waals surface area contributed by atoms with Crippen LogP contribution in [0.5, 0.6) is 5.75 Å². The summed E-state index contributed by atoms with van der Waals surface area (Å²) in [6.07, 6.45) is 3.50. The highest BCUT2D eigenvalue weighted by Crippen LogP contribution is 2.29. The third kappa shape index (κ3) is 4.70. The third-order valence-electron chi connectivity index (χ3n) is 5.00.